The minimum atomic E-state index is -0.476. The maximum absolute atomic E-state index is 14.5. The topological polar surface area (TPSA) is 70.9 Å². The Kier molecular flexibility index (Phi) is 9.59. The largest absolute Gasteiger partial charge is 0.444 e. The number of hydrogen-bond acceptors (Lipinski definition) is 5. The molecule has 2 aliphatic rings. The van der Waals surface area contributed by atoms with Crippen LogP contribution in [-0.4, -0.2) is 87.2 Å². The van der Waals surface area contributed by atoms with Crippen molar-refractivity contribution in [1.82, 2.24) is 24.3 Å². The van der Waals surface area contributed by atoms with Crippen molar-refractivity contribution in [1.29, 1.82) is 0 Å². The maximum Gasteiger partial charge on any atom is 0.410 e. The Bertz CT molecular complexity index is 1540. The number of pyridine rings is 1. The minimum Gasteiger partial charge on any atom is -0.444 e. The minimum absolute atomic E-state index is 0.0141. The first kappa shape index (κ1) is 32.9. The molecule has 2 fully saturated rings. The average Bonchev–Trinajstić information content (AvgIpc) is 3.61. The van der Waals surface area contributed by atoms with Crippen LogP contribution in [0.1, 0.15) is 82.3 Å². The third-order valence-corrected chi connectivity index (χ3v) is 9.80. The second-order valence-electron chi connectivity index (χ2n) is 14.4. The monoisotopic (exact) mass is 619 g/mol. The number of hydrogen-bond donors (Lipinski definition) is 0. The second-order valence-corrected chi connectivity index (χ2v) is 14.4. The van der Waals surface area contributed by atoms with E-state index in [9.17, 15) is 14.0 Å². The molecule has 8 nitrogen and oxygen atoms in total. The van der Waals surface area contributed by atoms with Gasteiger partial charge in [0.25, 0.3) is 5.91 Å². The summed E-state index contributed by atoms with van der Waals surface area (Å²) in [5, 5.41) is 1.16. The van der Waals surface area contributed by atoms with E-state index in [1.165, 1.54) is 17.7 Å². The quantitative estimate of drug-likeness (QED) is 0.289. The van der Waals surface area contributed by atoms with Crippen LogP contribution < -0.4 is 0 Å². The van der Waals surface area contributed by atoms with Crippen molar-refractivity contribution in [2.45, 2.75) is 91.8 Å². The van der Waals surface area contributed by atoms with Gasteiger partial charge in [0, 0.05) is 56.5 Å². The SMILES string of the molecule is Cc1cncc2c1c(C[C@@H]1CCN([C@H](C)C3CCN(C(=O)OC(C)(C)C)CC3)C1)cn2-c1ccc(F)cc1C(=O)N(C)C(C)C. The molecule has 0 N–H and O–H groups in total. The van der Waals surface area contributed by atoms with Gasteiger partial charge in [0.1, 0.15) is 11.4 Å². The van der Waals surface area contributed by atoms with E-state index in [0.29, 0.717) is 29.1 Å². The molecular formula is C36H50FN5O3. The van der Waals surface area contributed by atoms with E-state index in [4.69, 9.17) is 4.74 Å². The molecule has 2 atom stereocenters. The van der Waals surface area contributed by atoms with Crippen molar-refractivity contribution < 1.29 is 18.7 Å². The highest BCUT2D eigenvalue weighted by atomic mass is 19.1. The normalized spacial score (nSPS) is 19.0. The Morgan fingerprint density at radius 2 is 1.80 bits per heavy atom. The summed E-state index contributed by atoms with van der Waals surface area (Å²) in [6.45, 7) is 17.6. The van der Waals surface area contributed by atoms with Crippen molar-refractivity contribution in [3.05, 3.63) is 59.3 Å². The highest BCUT2D eigenvalue weighted by molar-refractivity contribution is 5.99. The van der Waals surface area contributed by atoms with Crippen molar-refractivity contribution in [3.8, 4) is 5.69 Å². The fourth-order valence-electron chi connectivity index (χ4n) is 7.01. The molecule has 2 saturated heterocycles. The van der Waals surface area contributed by atoms with Crippen LogP contribution >= 0.6 is 0 Å². The predicted molar refractivity (Wildman–Crippen MR) is 176 cm³/mol. The summed E-state index contributed by atoms with van der Waals surface area (Å²) in [5.41, 5.74) is 3.78. The Balaban J connectivity index is 1.32. The van der Waals surface area contributed by atoms with Gasteiger partial charge in [-0.1, -0.05) is 0 Å². The number of nitrogens with zero attached hydrogens (tertiary/aromatic N) is 5. The molecule has 0 spiro atoms. The summed E-state index contributed by atoms with van der Waals surface area (Å²) in [4.78, 5) is 36.6. The zero-order valence-electron chi connectivity index (χ0n) is 28.3. The van der Waals surface area contributed by atoms with Gasteiger partial charge in [-0.15, -0.1) is 0 Å². The van der Waals surface area contributed by atoms with E-state index >= 15 is 0 Å². The highest BCUT2D eigenvalue weighted by Crippen LogP contribution is 2.34. The molecule has 45 heavy (non-hydrogen) atoms. The second kappa shape index (κ2) is 13.1. The molecule has 0 radical (unpaired) electrons. The van der Waals surface area contributed by atoms with Gasteiger partial charge in [0.2, 0.25) is 0 Å². The van der Waals surface area contributed by atoms with Crippen LogP contribution in [0.3, 0.4) is 0 Å². The third-order valence-electron chi connectivity index (χ3n) is 9.80. The lowest BCUT2D eigenvalue weighted by Crippen LogP contribution is -2.46. The first-order valence-corrected chi connectivity index (χ1v) is 16.5. The van der Waals surface area contributed by atoms with Gasteiger partial charge >= 0.3 is 6.09 Å². The molecule has 2 aliphatic heterocycles. The van der Waals surface area contributed by atoms with Crippen LogP contribution in [0.5, 0.6) is 0 Å². The maximum atomic E-state index is 14.5. The van der Waals surface area contributed by atoms with Crippen LogP contribution in [-0.2, 0) is 11.2 Å². The fraction of sp³-hybridized carbons (Fsp3) is 0.583. The average molecular weight is 620 g/mol. The van der Waals surface area contributed by atoms with E-state index < -0.39 is 11.4 Å². The van der Waals surface area contributed by atoms with E-state index in [0.717, 1.165) is 68.3 Å². The Labute approximate surface area is 267 Å². The van der Waals surface area contributed by atoms with Gasteiger partial charge in [0.15, 0.2) is 0 Å². The lowest BCUT2D eigenvalue weighted by Gasteiger charge is -2.38. The highest BCUT2D eigenvalue weighted by Gasteiger charge is 2.34. The molecule has 5 rings (SSSR count). The third kappa shape index (κ3) is 7.19. The zero-order valence-corrected chi connectivity index (χ0v) is 28.3. The number of rotatable bonds is 7. The number of fused-ring (bicyclic) bond motifs is 1. The Hall–Kier alpha value is -3.46. The molecular weight excluding hydrogens is 569 g/mol. The summed E-state index contributed by atoms with van der Waals surface area (Å²) in [7, 11) is 1.75. The number of carbonyl (C=O) groups is 2. The van der Waals surface area contributed by atoms with Crippen LogP contribution in [0.2, 0.25) is 0 Å². The molecule has 4 heterocycles. The van der Waals surface area contributed by atoms with Crippen molar-refractivity contribution in [2.75, 3.05) is 33.2 Å². The Morgan fingerprint density at radius 1 is 1.09 bits per heavy atom. The molecule has 0 saturated carbocycles. The van der Waals surface area contributed by atoms with Crippen LogP contribution in [0.15, 0.2) is 36.8 Å². The predicted octanol–water partition coefficient (Wildman–Crippen LogP) is 6.85. The van der Waals surface area contributed by atoms with Gasteiger partial charge in [-0.3, -0.25) is 9.78 Å². The van der Waals surface area contributed by atoms with E-state index in [-0.39, 0.29) is 18.0 Å². The van der Waals surface area contributed by atoms with Crippen LogP contribution in [0.4, 0.5) is 9.18 Å². The number of carbonyl (C=O) groups excluding carboxylic acids is 2. The molecule has 2 amide bonds. The number of aryl methyl sites for hydroxylation is 1. The first-order valence-electron chi connectivity index (χ1n) is 16.5. The number of halogens is 1. The smallest absolute Gasteiger partial charge is 0.410 e. The Morgan fingerprint density at radius 3 is 2.47 bits per heavy atom. The van der Waals surface area contributed by atoms with Gasteiger partial charge in [-0.2, -0.15) is 0 Å². The zero-order chi connectivity index (χ0) is 32.6. The van der Waals surface area contributed by atoms with Crippen LogP contribution in [0.25, 0.3) is 16.6 Å². The van der Waals surface area contributed by atoms with Gasteiger partial charge < -0.3 is 24.0 Å². The molecule has 0 bridgehead atoms. The molecule has 3 aromatic rings. The fourth-order valence-corrected chi connectivity index (χ4v) is 7.01. The molecule has 244 valence electrons. The van der Waals surface area contributed by atoms with Gasteiger partial charge in [-0.25, -0.2) is 9.18 Å². The molecule has 2 aromatic heterocycles. The number of likely N-dealkylation sites (tertiary alicyclic amines) is 2. The van der Waals surface area contributed by atoms with Crippen molar-refractivity contribution in [2.24, 2.45) is 11.8 Å². The van der Waals surface area contributed by atoms with Gasteiger partial charge in [0.05, 0.1) is 23.0 Å². The summed E-state index contributed by atoms with van der Waals surface area (Å²) in [6.07, 6.45) is 9.70. The van der Waals surface area contributed by atoms with E-state index in [1.807, 2.05) is 56.5 Å². The van der Waals surface area contributed by atoms with Crippen LogP contribution in [0, 0.1) is 24.6 Å². The number of benzene rings is 1. The summed E-state index contributed by atoms with van der Waals surface area (Å²) in [5.74, 6) is 0.417. The molecule has 1 aromatic carbocycles. The van der Waals surface area contributed by atoms with Crippen molar-refractivity contribution in [3.63, 3.8) is 0 Å². The first-order chi connectivity index (χ1) is 21.2. The standard InChI is InChI=1S/C36H50FN5O3/c1-23(2)39(8)34(43)30-18-29(37)9-10-31(30)42-22-28(33-24(3)19-38-20-32(33)42)17-26-11-14-41(21-26)25(4)27-12-15-40(16-13-27)35(44)45-36(5,6)7/h9-10,18-20,22-23,25-27H,11-17,21H2,1-8H3/t25-,26+/m1/s1. The van der Waals surface area contributed by atoms with E-state index in [1.54, 1.807) is 18.0 Å². The molecule has 9 heteroatoms. The molecule has 0 unspecified atom stereocenters. The number of piperidine rings is 1. The van der Waals surface area contributed by atoms with Gasteiger partial charge in [-0.05, 0) is 122 Å². The number of ether oxygens (including phenoxy) is 1. The summed E-state index contributed by atoms with van der Waals surface area (Å²) < 4.78 is 22.1. The lowest BCUT2D eigenvalue weighted by molar-refractivity contribution is 0.0143. The number of aromatic nitrogens is 2. The lowest BCUT2D eigenvalue weighted by atomic mass is 9.89. The van der Waals surface area contributed by atoms with E-state index in [2.05, 4.69) is 29.9 Å². The molecule has 0 aliphatic carbocycles. The number of amides is 2. The summed E-state index contributed by atoms with van der Waals surface area (Å²) >= 11 is 0. The van der Waals surface area contributed by atoms with Crippen molar-refractivity contribution >= 4 is 22.9 Å². The summed E-state index contributed by atoms with van der Waals surface area (Å²) in [6, 6.07) is 4.91.